The molecule has 0 aliphatic carbocycles. The molecule has 1 unspecified atom stereocenters. The van der Waals surface area contributed by atoms with Crippen molar-refractivity contribution in [2.24, 2.45) is 5.73 Å². The number of nitrogens with two attached hydrogens (primary N) is 1. The van der Waals surface area contributed by atoms with Crippen LogP contribution in [-0.2, 0) is 4.79 Å². The summed E-state index contributed by atoms with van der Waals surface area (Å²) in [5.41, 5.74) is 5.39. The minimum atomic E-state index is -0.0539. The molecular weight excluding hydrogens is 206 g/mol. The Morgan fingerprint density at radius 2 is 2.50 bits per heavy atom. The van der Waals surface area contributed by atoms with E-state index in [4.69, 9.17) is 10.5 Å². The molecule has 88 valence electrons. The van der Waals surface area contributed by atoms with Crippen LogP contribution < -0.4 is 15.8 Å². The van der Waals surface area contributed by atoms with Gasteiger partial charge in [-0.1, -0.05) is 0 Å². The fourth-order valence-corrected chi connectivity index (χ4v) is 1.10. The molecular formula is C11H17N3O2. The molecule has 0 saturated carbocycles. The number of nitrogens with zero attached hydrogens (tertiary/aromatic N) is 1. The van der Waals surface area contributed by atoms with Crippen molar-refractivity contribution in [2.45, 2.75) is 19.4 Å². The number of rotatable bonds is 6. The maximum absolute atomic E-state index is 11.3. The van der Waals surface area contributed by atoms with E-state index in [0.29, 0.717) is 25.3 Å². The van der Waals surface area contributed by atoms with Crippen LogP contribution in [0.3, 0.4) is 0 Å². The zero-order valence-corrected chi connectivity index (χ0v) is 9.35. The summed E-state index contributed by atoms with van der Waals surface area (Å²) in [5.74, 6) is 0.615. The molecule has 1 atom stereocenters. The summed E-state index contributed by atoms with van der Waals surface area (Å²) < 4.78 is 5.34. The highest BCUT2D eigenvalue weighted by molar-refractivity contribution is 5.76. The van der Waals surface area contributed by atoms with E-state index >= 15 is 0 Å². The molecule has 3 N–H and O–H groups in total. The molecule has 1 heterocycles. The fourth-order valence-electron chi connectivity index (χ4n) is 1.10. The van der Waals surface area contributed by atoms with Crippen molar-refractivity contribution in [3.05, 3.63) is 24.5 Å². The van der Waals surface area contributed by atoms with E-state index in [1.54, 1.807) is 24.5 Å². The van der Waals surface area contributed by atoms with Gasteiger partial charge in [-0.05, 0) is 19.1 Å². The van der Waals surface area contributed by atoms with Crippen LogP contribution in [0.5, 0.6) is 5.75 Å². The Balaban J connectivity index is 2.18. The molecule has 0 aliphatic rings. The zero-order chi connectivity index (χ0) is 11.8. The van der Waals surface area contributed by atoms with E-state index in [-0.39, 0.29) is 11.9 Å². The van der Waals surface area contributed by atoms with Crippen LogP contribution in [0.2, 0.25) is 0 Å². The summed E-state index contributed by atoms with van der Waals surface area (Å²) in [6, 6.07) is 3.59. The average Bonchev–Trinajstić information content (AvgIpc) is 2.30. The van der Waals surface area contributed by atoms with Crippen LogP contribution in [0, 0.1) is 0 Å². The van der Waals surface area contributed by atoms with Crippen molar-refractivity contribution in [2.75, 3.05) is 13.2 Å². The molecule has 1 amide bonds. The maximum atomic E-state index is 11.3. The first kappa shape index (κ1) is 12.4. The van der Waals surface area contributed by atoms with Gasteiger partial charge in [-0.15, -0.1) is 0 Å². The number of aromatic nitrogens is 1. The van der Waals surface area contributed by atoms with Gasteiger partial charge in [-0.25, -0.2) is 0 Å². The summed E-state index contributed by atoms with van der Waals surface area (Å²) in [7, 11) is 0. The van der Waals surface area contributed by atoms with E-state index in [0.717, 1.165) is 0 Å². The van der Waals surface area contributed by atoms with E-state index in [2.05, 4.69) is 10.3 Å². The summed E-state index contributed by atoms with van der Waals surface area (Å²) in [5, 5.41) is 2.76. The van der Waals surface area contributed by atoms with Crippen molar-refractivity contribution in [1.29, 1.82) is 0 Å². The van der Waals surface area contributed by atoms with Crippen LogP contribution in [0.25, 0.3) is 0 Å². The molecule has 0 bridgehead atoms. The van der Waals surface area contributed by atoms with Crippen LogP contribution in [0.4, 0.5) is 0 Å². The Labute approximate surface area is 95.0 Å². The lowest BCUT2D eigenvalue weighted by Gasteiger charge is -2.11. The number of hydrogen-bond donors (Lipinski definition) is 2. The van der Waals surface area contributed by atoms with Crippen molar-refractivity contribution < 1.29 is 9.53 Å². The number of carbonyl (C=O) groups is 1. The molecule has 16 heavy (non-hydrogen) atoms. The molecule has 0 fully saturated rings. The summed E-state index contributed by atoms with van der Waals surface area (Å²) in [4.78, 5) is 15.2. The normalized spacial score (nSPS) is 11.9. The number of nitrogens with one attached hydrogen (secondary N) is 1. The quantitative estimate of drug-likeness (QED) is 0.727. The molecule has 5 heteroatoms. The molecule has 1 rings (SSSR count). The lowest BCUT2D eigenvalue weighted by molar-refractivity contribution is -0.122. The first-order valence-electron chi connectivity index (χ1n) is 5.24. The monoisotopic (exact) mass is 223 g/mol. The molecule has 0 aliphatic heterocycles. The van der Waals surface area contributed by atoms with Crippen LogP contribution >= 0.6 is 0 Å². The van der Waals surface area contributed by atoms with E-state index in [1.807, 2.05) is 6.92 Å². The van der Waals surface area contributed by atoms with Gasteiger partial charge in [0.1, 0.15) is 5.75 Å². The number of amides is 1. The molecule has 0 radical (unpaired) electrons. The second-order valence-electron chi connectivity index (χ2n) is 3.49. The second-order valence-corrected chi connectivity index (χ2v) is 3.49. The highest BCUT2D eigenvalue weighted by atomic mass is 16.5. The predicted molar refractivity (Wildman–Crippen MR) is 61.0 cm³/mol. The average molecular weight is 223 g/mol. The molecule has 0 aromatic carbocycles. The van der Waals surface area contributed by atoms with Crippen molar-refractivity contribution in [3.8, 4) is 5.75 Å². The fraction of sp³-hybridized carbons (Fsp3) is 0.455. The Kier molecular flexibility index (Phi) is 5.28. The minimum absolute atomic E-state index is 0.00546. The summed E-state index contributed by atoms with van der Waals surface area (Å²) in [6.45, 7) is 2.64. The van der Waals surface area contributed by atoms with Gasteiger partial charge in [0.2, 0.25) is 5.91 Å². The van der Waals surface area contributed by atoms with Crippen molar-refractivity contribution in [1.82, 2.24) is 10.3 Å². The van der Waals surface area contributed by atoms with Crippen molar-refractivity contribution >= 4 is 5.91 Å². The van der Waals surface area contributed by atoms with Gasteiger partial charge in [0.05, 0.1) is 19.2 Å². The van der Waals surface area contributed by atoms with Gasteiger partial charge in [0, 0.05) is 18.8 Å². The van der Waals surface area contributed by atoms with Gasteiger partial charge in [0.15, 0.2) is 0 Å². The van der Waals surface area contributed by atoms with Gasteiger partial charge < -0.3 is 15.8 Å². The smallest absolute Gasteiger partial charge is 0.223 e. The van der Waals surface area contributed by atoms with Crippen LogP contribution in [-0.4, -0.2) is 30.1 Å². The first-order valence-corrected chi connectivity index (χ1v) is 5.24. The minimum Gasteiger partial charge on any atom is -0.491 e. The van der Waals surface area contributed by atoms with Gasteiger partial charge in [0.25, 0.3) is 0 Å². The molecule has 1 aromatic rings. The van der Waals surface area contributed by atoms with E-state index in [1.165, 1.54) is 0 Å². The number of carbonyl (C=O) groups excluding carboxylic acids is 1. The third kappa shape index (κ3) is 4.75. The number of pyridine rings is 1. The molecule has 0 spiro atoms. The second kappa shape index (κ2) is 6.79. The number of ether oxygens (including phenoxy) is 1. The standard InChI is InChI=1S/C11H17N3O2/c1-9(7-12)14-11(15)4-6-16-10-3-2-5-13-8-10/h2-3,5,8-9H,4,6-7,12H2,1H3,(H,14,15). The third-order valence-electron chi connectivity index (χ3n) is 1.99. The lowest BCUT2D eigenvalue weighted by atomic mass is 10.3. The van der Waals surface area contributed by atoms with Crippen LogP contribution in [0.1, 0.15) is 13.3 Å². The van der Waals surface area contributed by atoms with Gasteiger partial charge >= 0.3 is 0 Å². The van der Waals surface area contributed by atoms with Crippen molar-refractivity contribution in [3.63, 3.8) is 0 Å². The third-order valence-corrected chi connectivity index (χ3v) is 1.99. The van der Waals surface area contributed by atoms with Crippen LogP contribution in [0.15, 0.2) is 24.5 Å². The molecule has 1 aromatic heterocycles. The SMILES string of the molecule is CC(CN)NC(=O)CCOc1cccnc1. The predicted octanol–water partition coefficient (Wildman–Crippen LogP) is 0.314. The molecule has 5 nitrogen and oxygen atoms in total. The Morgan fingerprint density at radius 1 is 1.69 bits per heavy atom. The summed E-state index contributed by atoms with van der Waals surface area (Å²) >= 11 is 0. The largest absolute Gasteiger partial charge is 0.491 e. The Hall–Kier alpha value is -1.62. The highest BCUT2D eigenvalue weighted by Crippen LogP contribution is 2.05. The lowest BCUT2D eigenvalue weighted by Crippen LogP contribution is -2.38. The highest BCUT2D eigenvalue weighted by Gasteiger charge is 2.05. The zero-order valence-electron chi connectivity index (χ0n) is 9.35. The Morgan fingerprint density at radius 3 is 3.12 bits per heavy atom. The van der Waals surface area contributed by atoms with Gasteiger partial charge in [-0.2, -0.15) is 0 Å². The topological polar surface area (TPSA) is 77.2 Å². The number of hydrogen-bond acceptors (Lipinski definition) is 4. The first-order chi connectivity index (χ1) is 7.72. The molecule has 0 saturated heterocycles. The van der Waals surface area contributed by atoms with E-state index < -0.39 is 0 Å². The summed E-state index contributed by atoms with van der Waals surface area (Å²) in [6.07, 6.45) is 3.60. The maximum Gasteiger partial charge on any atom is 0.223 e. The van der Waals surface area contributed by atoms with E-state index in [9.17, 15) is 4.79 Å². The Bertz CT molecular complexity index is 316. The van der Waals surface area contributed by atoms with Gasteiger partial charge in [-0.3, -0.25) is 9.78 Å².